The second-order valence-electron chi connectivity index (χ2n) is 4.83. The summed E-state index contributed by atoms with van der Waals surface area (Å²) in [6.07, 6.45) is 0. The minimum absolute atomic E-state index is 0.902. The van der Waals surface area contributed by atoms with E-state index in [1.807, 2.05) is 43.3 Å². The molecular formula is C16H17BrO. The second-order valence-corrected chi connectivity index (χ2v) is 5.74. The van der Waals surface area contributed by atoms with Crippen LogP contribution >= 0.6 is 15.9 Å². The fraction of sp³-hybridized carbons (Fsp3) is 0.250. The van der Waals surface area contributed by atoms with Gasteiger partial charge in [0.1, 0.15) is 5.60 Å². The molecule has 0 aliphatic carbocycles. The molecule has 1 nitrogen and oxygen atoms in total. The zero-order valence-electron chi connectivity index (χ0n) is 10.9. The lowest BCUT2D eigenvalue weighted by Crippen LogP contribution is -2.24. The van der Waals surface area contributed by atoms with Crippen LogP contribution < -0.4 is 0 Å². The molecule has 0 spiro atoms. The quantitative estimate of drug-likeness (QED) is 0.876. The molecule has 2 rings (SSSR count). The first kappa shape index (κ1) is 13.3. The van der Waals surface area contributed by atoms with Gasteiger partial charge in [0, 0.05) is 4.47 Å². The Morgan fingerprint density at radius 2 is 1.61 bits per heavy atom. The molecule has 0 bridgehead atoms. The van der Waals surface area contributed by atoms with Gasteiger partial charge in [-0.25, -0.2) is 0 Å². The first-order valence-electron chi connectivity index (χ1n) is 5.98. The first-order valence-corrected chi connectivity index (χ1v) is 6.77. The minimum atomic E-state index is -0.962. The van der Waals surface area contributed by atoms with Crippen molar-refractivity contribution in [2.75, 3.05) is 0 Å². The highest BCUT2D eigenvalue weighted by Gasteiger charge is 2.27. The maximum Gasteiger partial charge on any atom is 0.112 e. The van der Waals surface area contributed by atoms with Gasteiger partial charge in [-0.15, -0.1) is 0 Å². The summed E-state index contributed by atoms with van der Waals surface area (Å²) in [5.74, 6) is 0. The topological polar surface area (TPSA) is 20.2 Å². The Balaban J connectivity index is 2.54. The van der Waals surface area contributed by atoms with Crippen LogP contribution in [0.3, 0.4) is 0 Å². The van der Waals surface area contributed by atoms with Crippen molar-refractivity contribution in [3.8, 4) is 0 Å². The van der Waals surface area contributed by atoms with E-state index in [2.05, 4.69) is 35.8 Å². The lowest BCUT2D eigenvalue weighted by Gasteiger charge is -2.27. The van der Waals surface area contributed by atoms with E-state index < -0.39 is 5.60 Å². The Kier molecular flexibility index (Phi) is 3.60. The molecule has 0 saturated heterocycles. The van der Waals surface area contributed by atoms with Crippen LogP contribution in [0.15, 0.2) is 46.9 Å². The SMILES string of the molecule is Cc1cccc(C(C)(O)c2ccc(Br)cc2)c1C. The molecule has 1 unspecified atom stereocenters. The monoisotopic (exact) mass is 304 g/mol. The number of aryl methyl sites for hydroxylation is 1. The van der Waals surface area contributed by atoms with Gasteiger partial charge < -0.3 is 5.11 Å². The molecule has 0 fully saturated rings. The number of benzene rings is 2. The molecule has 2 heteroatoms. The highest BCUT2D eigenvalue weighted by Crippen LogP contribution is 2.32. The van der Waals surface area contributed by atoms with Crippen molar-refractivity contribution in [3.63, 3.8) is 0 Å². The van der Waals surface area contributed by atoms with Crippen molar-refractivity contribution in [2.24, 2.45) is 0 Å². The third kappa shape index (κ3) is 2.36. The average molecular weight is 305 g/mol. The Hall–Kier alpha value is -1.12. The van der Waals surface area contributed by atoms with E-state index >= 15 is 0 Å². The summed E-state index contributed by atoms with van der Waals surface area (Å²) in [6, 6.07) is 13.9. The third-order valence-corrected chi connectivity index (χ3v) is 4.06. The van der Waals surface area contributed by atoms with E-state index in [1.165, 1.54) is 5.56 Å². The highest BCUT2D eigenvalue weighted by molar-refractivity contribution is 9.10. The zero-order valence-corrected chi connectivity index (χ0v) is 12.5. The van der Waals surface area contributed by atoms with Crippen molar-refractivity contribution < 1.29 is 5.11 Å². The summed E-state index contributed by atoms with van der Waals surface area (Å²) in [4.78, 5) is 0. The normalized spacial score (nSPS) is 14.3. The van der Waals surface area contributed by atoms with Crippen molar-refractivity contribution in [1.82, 2.24) is 0 Å². The third-order valence-electron chi connectivity index (χ3n) is 3.54. The standard InChI is InChI=1S/C16H17BrO/c1-11-5-4-6-15(12(11)2)16(3,18)13-7-9-14(17)10-8-13/h4-10,18H,1-3H3. The van der Waals surface area contributed by atoms with Gasteiger partial charge in [0.05, 0.1) is 0 Å². The van der Waals surface area contributed by atoms with Gasteiger partial charge in [-0.3, -0.25) is 0 Å². The Labute approximate surface area is 117 Å². The summed E-state index contributed by atoms with van der Waals surface area (Å²) >= 11 is 3.41. The molecule has 0 saturated carbocycles. The number of rotatable bonds is 2. The zero-order chi connectivity index (χ0) is 13.3. The number of halogens is 1. The molecule has 0 amide bonds. The molecule has 0 aromatic heterocycles. The van der Waals surface area contributed by atoms with E-state index in [1.54, 1.807) is 0 Å². The predicted molar refractivity (Wildman–Crippen MR) is 78.7 cm³/mol. The van der Waals surface area contributed by atoms with Gasteiger partial charge >= 0.3 is 0 Å². The largest absolute Gasteiger partial charge is 0.381 e. The van der Waals surface area contributed by atoms with Crippen molar-refractivity contribution in [1.29, 1.82) is 0 Å². The fourth-order valence-corrected chi connectivity index (χ4v) is 2.47. The smallest absolute Gasteiger partial charge is 0.112 e. The molecule has 2 aromatic rings. The van der Waals surface area contributed by atoms with Crippen LogP contribution in [0.4, 0.5) is 0 Å². The van der Waals surface area contributed by atoms with Gasteiger partial charge in [-0.2, -0.15) is 0 Å². The van der Waals surface area contributed by atoms with Crippen LogP contribution in [0.25, 0.3) is 0 Å². The van der Waals surface area contributed by atoms with Crippen LogP contribution in [0, 0.1) is 13.8 Å². The van der Waals surface area contributed by atoms with Gasteiger partial charge in [0.2, 0.25) is 0 Å². The highest BCUT2D eigenvalue weighted by atomic mass is 79.9. The average Bonchev–Trinajstić information content (AvgIpc) is 2.33. The first-order chi connectivity index (χ1) is 8.43. The molecule has 0 aliphatic heterocycles. The second kappa shape index (κ2) is 4.87. The number of aliphatic hydroxyl groups is 1. The summed E-state index contributed by atoms with van der Waals surface area (Å²) in [5, 5.41) is 10.8. The summed E-state index contributed by atoms with van der Waals surface area (Å²) in [5.41, 5.74) is 3.25. The van der Waals surface area contributed by atoms with Crippen molar-refractivity contribution in [2.45, 2.75) is 26.4 Å². The molecule has 0 radical (unpaired) electrons. The fourth-order valence-electron chi connectivity index (χ4n) is 2.21. The number of hydrogen-bond acceptors (Lipinski definition) is 1. The van der Waals surface area contributed by atoms with Gasteiger partial charge in [0.15, 0.2) is 0 Å². The Morgan fingerprint density at radius 1 is 1.00 bits per heavy atom. The van der Waals surface area contributed by atoms with Gasteiger partial charge in [0.25, 0.3) is 0 Å². The van der Waals surface area contributed by atoms with E-state index in [4.69, 9.17) is 0 Å². The Morgan fingerprint density at radius 3 is 2.22 bits per heavy atom. The van der Waals surface area contributed by atoms with Gasteiger partial charge in [-0.1, -0.05) is 46.3 Å². The van der Waals surface area contributed by atoms with Crippen LogP contribution in [0.5, 0.6) is 0 Å². The lowest BCUT2D eigenvalue weighted by atomic mass is 9.84. The van der Waals surface area contributed by atoms with E-state index in [-0.39, 0.29) is 0 Å². The predicted octanol–water partition coefficient (Wildman–Crippen LogP) is 4.32. The van der Waals surface area contributed by atoms with Crippen LogP contribution in [-0.2, 0) is 5.60 Å². The molecule has 0 heterocycles. The molecule has 0 aliphatic rings. The number of hydrogen-bond donors (Lipinski definition) is 1. The lowest BCUT2D eigenvalue weighted by molar-refractivity contribution is 0.101. The van der Waals surface area contributed by atoms with E-state index in [0.717, 1.165) is 21.2 Å². The molecular weight excluding hydrogens is 288 g/mol. The molecule has 94 valence electrons. The van der Waals surface area contributed by atoms with Crippen LogP contribution in [0.2, 0.25) is 0 Å². The van der Waals surface area contributed by atoms with Crippen LogP contribution in [0.1, 0.15) is 29.2 Å². The van der Waals surface area contributed by atoms with Crippen molar-refractivity contribution >= 4 is 15.9 Å². The molecule has 1 N–H and O–H groups in total. The van der Waals surface area contributed by atoms with Crippen molar-refractivity contribution in [3.05, 3.63) is 69.2 Å². The summed E-state index contributed by atoms with van der Waals surface area (Å²) in [7, 11) is 0. The molecule has 2 aromatic carbocycles. The maximum absolute atomic E-state index is 10.8. The van der Waals surface area contributed by atoms with E-state index in [9.17, 15) is 5.11 Å². The Bertz CT molecular complexity index is 556. The minimum Gasteiger partial charge on any atom is -0.381 e. The van der Waals surface area contributed by atoms with E-state index in [0.29, 0.717) is 0 Å². The van der Waals surface area contributed by atoms with Gasteiger partial charge in [-0.05, 0) is 55.2 Å². The summed E-state index contributed by atoms with van der Waals surface area (Å²) in [6.45, 7) is 5.96. The molecule has 1 atom stereocenters. The molecule has 18 heavy (non-hydrogen) atoms. The summed E-state index contributed by atoms with van der Waals surface area (Å²) < 4.78 is 1.02. The van der Waals surface area contributed by atoms with Crippen LogP contribution in [-0.4, -0.2) is 5.11 Å². The maximum atomic E-state index is 10.8.